The fourth-order valence-corrected chi connectivity index (χ4v) is 8.91. The second kappa shape index (κ2) is 15.3. The van der Waals surface area contributed by atoms with E-state index in [9.17, 15) is 14.7 Å². The molecule has 1 aliphatic heterocycles. The molecule has 3 aliphatic rings. The second-order valence-corrected chi connectivity index (χ2v) is 15.4. The first-order valence-corrected chi connectivity index (χ1v) is 19.1. The highest BCUT2D eigenvalue weighted by Gasteiger charge is 2.43. The van der Waals surface area contributed by atoms with E-state index in [0.29, 0.717) is 28.9 Å². The molecule has 4 aromatic rings. The SMILES string of the molecule is CCc1ccc2c(c1)C(NC[C@@H](O)[C@H](Cc1ccccc1)NC(=O)c1cc(Br)c(=O)n(C3CCC(c4ccccc4)C3)c1)CC1(CCCC1)O2. The first kappa shape index (κ1) is 34.7. The van der Waals surface area contributed by atoms with Crippen LogP contribution in [0.15, 0.2) is 100 Å². The van der Waals surface area contributed by atoms with Crippen LogP contribution in [-0.2, 0) is 12.8 Å². The third-order valence-electron chi connectivity index (χ3n) is 11.3. The molecule has 7 nitrogen and oxygen atoms in total. The number of aliphatic hydroxyl groups excluding tert-OH is 1. The van der Waals surface area contributed by atoms with Crippen molar-refractivity contribution >= 4 is 21.8 Å². The van der Waals surface area contributed by atoms with Crippen LogP contribution in [0.5, 0.6) is 5.75 Å². The lowest BCUT2D eigenvalue weighted by Gasteiger charge is -2.41. The van der Waals surface area contributed by atoms with E-state index in [1.807, 2.05) is 36.4 Å². The van der Waals surface area contributed by atoms with E-state index in [-0.39, 0.29) is 29.2 Å². The van der Waals surface area contributed by atoms with Crippen LogP contribution in [-0.4, -0.2) is 39.9 Å². The highest BCUT2D eigenvalue weighted by Crippen LogP contribution is 2.47. The highest BCUT2D eigenvalue weighted by atomic mass is 79.9. The lowest BCUT2D eigenvalue weighted by Crippen LogP contribution is -2.50. The van der Waals surface area contributed by atoms with Crippen molar-refractivity contribution in [3.05, 3.63) is 134 Å². The van der Waals surface area contributed by atoms with Crippen molar-refractivity contribution < 1.29 is 14.6 Å². The van der Waals surface area contributed by atoms with Crippen LogP contribution in [0.2, 0.25) is 0 Å². The lowest BCUT2D eigenvalue weighted by atomic mass is 9.85. The van der Waals surface area contributed by atoms with Gasteiger partial charge in [0, 0.05) is 36.8 Å². The molecule has 2 heterocycles. The Morgan fingerprint density at radius 1 is 1.00 bits per heavy atom. The molecule has 3 aromatic carbocycles. The summed E-state index contributed by atoms with van der Waals surface area (Å²) in [6.07, 6.45) is 10.2. The molecule has 8 heteroatoms. The van der Waals surface area contributed by atoms with Gasteiger partial charge in [-0.05, 0) is 108 Å². The lowest BCUT2D eigenvalue weighted by molar-refractivity contribution is 0.0326. The number of aromatic nitrogens is 1. The number of aryl methyl sites for hydroxylation is 1. The number of carbonyl (C=O) groups is 1. The molecule has 262 valence electrons. The summed E-state index contributed by atoms with van der Waals surface area (Å²) in [5, 5.41) is 18.7. The number of rotatable bonds is 11. The molecule has 2 saturated carbocycles. The zero-order chi connectivity index (χ0) is 34.7. The van der Waals surface area contributed by atoms with Crippen molar-refractivity contribution in [2.45, 2.75) is 107 Å². The summed E-state index contributed by atoms with van der Waals surface area (Å²) in [6.45, 7) is 2.47. The van der Waals surface area contributed by atoms with Gasteiger partial charge in [0.25, 0.3) is 11.5 Å². The van der Waals surface area contributed by atoms with Gasteiger partial charge in [0.05, 0.1) is 22.2 Å². The molecule has 5 atom stereocenters. The summed E-state index contributed by atoms with van der Waals surface area (Å²) < 4.78 is 8.75. The van der Waals surface area contributed by atoms with Gasteiger partial charge in [-0.2, -0.15) is 0 Å². The van der Waals surface area contributed by atoms with E-state index in [0.717, 1.165) is 61.8 Å². The number of nitrogens with zero attached hydrogens (tertiary/aromatic N) is 1. The number of fused-ring (bicyclic) bond motifs is 1. The quantitative estimate of drug-likeness (QED) is 0.146. The van der Waals surface area contributed by atoms with Crippen molar-refractivity contribution in [1.82, 2.24) is 15.2 Å². The molecular formula is C42H48BrN3O4. The minimum atomic E-state index is -0.866. The first-order valence-electron chi connectivity index (χ1n) is 18.4. The molecule has 2 fully saturated rings. The van der Waals surface area contributed by atoms with Crippen molar-refractivity contribution in [2.24, 2.45) is 0 Å². The zero-order valence-electron chi connectivity index (χ0n) is 28.8. The van der Waals surface area contributed by atoms with Crippen LogP contribution >= 0.6 is 15.9 Å². The largest absolute Gasteiger partial charge is 0.487 e. The molecular weight excluding hydrogens is 690 g/mol. The van der Waals surface area contributed by atoms with Gasteiger partial charge in [-0.3, -0.25) is 9.59 Å². The molecule has 0 saturated heterocycles. The average molecular weight is 739 g/mol. The van der Waals surface area contributed by atoms with E-state index in [1.54, 1.807) is 16.8 Å². The number of hydrogen-bond acceptors (Lipinski definition) is 5. The second-order valence-electron chi connectivity index (χ2n) is 14.6. The number of ether oxygens (including phenoxy) is 1. The predicted octanol–water partition coefficient (Wildman–Crippen LogP) is 7.81. The fourth-order valence-electron chi connectivity index (χ4n) is 8.46. The maximum atomic E-state index is 14.0. The third kappa shape index (κ3) is 7.63. The maximum Gasteiger partial charge on any atom is 0.265 e. The van der Waals surface area contributed by atoms with Crippen LogP contribution in [0.1, 0.15) is 109 Å². The molecule has 1 spiro atoms. The van der Waals surface area contributed by atoms with Crippen LogP contribution < -0.4 is 20.9 Å². The Balaban J connectivity index is 1.09. The number of carbonyl (C=O) groups excluding carboxylic acids is 1. The van der Waals surface area contributed by atoms with Crippen LogP contribution in [0.3, 0.4) is 0 Å². The maximum absolute atomic E-state index is 14.0. The topological polar surface area (TPSA) is 92.6 Å². The number of pyridine rings is 1. The molecule has 0 radical (unpaired) electrons. The number of nitrogens with one attached hydrogen (secondary N) is 2. The summed E-state index contributed by atoms with van der Waals surface area (Å²) in [7, 11) is 0. The fraction of sp³-hybridized carbons (Fsp3) is 0.429. The number of hydrogen-bond donors (Lipinski definition) is 3. The Hall–Kier alpha value is -3.72. The van der Waals surface area contributed by atoms with Crippen molar-refractivity contribution in [1.29, 1.82) is 0 Å². The highest BCUT2D eigenvalue weighted by molar-refractivity contribution is 9.10. The van der Waals surface area contributed by atoms with Gasteiger partial charge >= 0.3 is 0 Å². The summed E-state index contributed by atoms with van der Waals surface area (Å²) in [5.41, 5.74) is 4.81. The van der Waals surface area contributed by atoms with E-state index >= 15 is 0 Å². The summed E-state index contributed by atoms with van der Waals surface area (Å²) >= 11 is 3.46. The molecule has 7 rings (SSSR count). The van der Waals surface area contributed by atoms with Crippen molar-refractivity contribution in [2.75, 3.05) is 6.54 Å². The van der Waals surface area contributed by atoms with Crippen LogP contribution in [0.4, 0.5) is 0 Å². The number of benzene rings is 3. The molecule has 3 unspecified atom stereocenters. The standard InChI is InChI=1S/C42H48BrN3O4/c1-2-28-15-18-39-34(21-28)37(25-42(50-39)19-9-10-20-42)44-26-38(47)36(22-29-11-5-3-6-12-29)45-40(48)32-24-35(43)41(49)46(27-32)33-17-16-31(23-33)30-13-7-4-8-14-30/h3-8,11-15,18,21,24,27,31,33,36-38,44,47H,2,9-10,16-17,19-20,22-23,25-26H2,1H3,(H,45,48)/t31?,33?,36-,37?,38+/m0/s1. The summed E-state index contributed by atoms with van der Waals surface area (Å²) in [4.78, 5) is 27.3. The van der Waals surface area contributed by atoms with Crippen molar-refractivity contribution in [3.63, 3.8) is 0 Å². The van der Waals surface area contributed by atoms with Gasteiger partial charge in [-0.25, -0.2) is 0 Å². The Morgan fingerprint density at radius 3 is 2.48 bits per heavy atom. The number of amides is 1. The average Bonchev–Trinajstić information content (AvgIpc) is 3.82. The van der Waals surface area contributed by atoms with Crippen molar-refractivity contribution in [3.8, 4) is 5.75 Å². The van der Waals surface area contributed by atoms with Gasteiger partial charge in [0.1, 0.15) is 11.4 Å². The first-order chi connectivity index (χ1) is 24.3. The van der Waals surface area contributed by atoms with Gasteiger partial charge in [0.15, 0.2) is 0 Å². The predicted molar refractivity (Wildman–Crippen MR) is 201 cm³/mol. The summed E-state index contributed by atoms with van der Waals surface area (Å²) in [6, 6.07) is 28.0. The third-order valence-corrected chi connectivity index (χ3v) is 11.8. The Bertz CT molecular complexity index is 1840. The minimum absolute atomic E-state index is 0.00500. The van der Waals surface area contributed by atoms with Gasteiger partial charge in [-0.15, -0.1) is 0 Å². The van der Waals surface area contributed by atoms with Gasteiger partial charge in [0.2, 0.25) is 0 Å². The van der Waals surface area contributed by atoms with Crippen LogP contribution in [0, 0.1) is 0 Å². The zero-order valence-corrected chi connectivity index (χ0v) is 30.4. The van der Waals surface area contributed by atoms with Crippen LogP contribution in [0.25, 0.3) is 0 Å². The molecule has 50 heavy (non-hydrogen) atoms. The van der Waals surface area contributed by atoms with E-state index in [1.165, 1.54) is 24.0 Å². The Morgan fingerprint density at radius 2 is 1.74 bits per heavy atom. The van der Waals surface area contributed by atoms with E-state index in [4.69, 9.17) is 4.74 Å². The monoisotopic (exact) mass is 737 g/mol. The molecule has 1 aromatic heterocycles. The minimum Gasteiger partial charge on any atom is -0.487 e. The van der Waals surface area contributed by atoms with E-state index < -0.39 is 12.1 Å². The number of halogens is 1. The molecule has 1 amide bonds. The normalized spacial score (nSPS) is 22.1. The number of aliphatic hydroxyl groups is 1. The molecule has 2 aliphatic carbocycles. The summed E-state index contributed by atoms with van der Waals surface area (Å²) in [5.74, 6) is 1.00. The smallest absolute Gasteiger partial charge is 0.265 e. The Labute approximate surface area is 303 Å². The van der Waals surface area contributed by atoms with Gasteiger partial charge < -0.3 is 25.0 Å². The van der Waals surface area contributed by atoms with Gasteiger partial charge in [-0.1, -0.05) is 79.7 Å². The Kier molecular flexibility index (Phi) is 10.6. The molecule has 3 N–H and O–H groups in total. The molecule has 0 bridgehead atoms. The van der Waals surface area contributed by atoms with E-state index in [2.05, 4.69) is 76.0 Å².